The van der Waals surface area contributed by atoms with Crippen molar-refractivity contribution < 1.29 is 18.0 Å². The van der Waals surface area contributed by atoms with Crippen molar-refractivity contribution in [2.45, 2.75) is 43.9 Å². The van der Waals surface area contributed by atoms with Crippen molar-refractivity contribution in [3.63, 3.8) is 0 Å². The van der Waals surface area contributed by atoms with Crippen molar-refractivity contribution in [3.05, 3.63) is 59.1 Å². The molecule has 2 aromatic rings. The zero-order chi connectivity index (χ0) is 23.8. The number of carbonyl (C=O) groups excluding carboxylic acids is 2. The Morgan fingerprint density at radius 3 is 2.30 bits per heavy atom. The Hall–Kier alpha value is -2.68. The van der Waals surface area contributed by atoms with Gasteiger partial charge in [-0.25, -0.2) is 8.42 Å². The van der Waals surface area contributed by atoms with E-state index in [1.165, 1.54) is 6.08 Å². The number of amides is 2. The number of anilines is 2. The lowest BCUT2D eigenvalue weighted by molar-refractivity contribution is -0.116. The fourth-order valence-electron chi connectivity index (χ4n) is 3.48. The molecule has 2 aromatic carbocycles. The summed E-state index contributed by atoms with van der Waals surface area (Å²) < 4.78 is 27.3. The molecule has 3 rings (SSSR count). The second-order valence-corrected chi connectivity index (χ2v) is 10.2. The van der Waals surface area contributed by atoms with Gasteiger partial charge in [-0.15, -0.1) is 0 Å². The second-order valence-electron chi connectivity index (χ2n) is 7.81. The Balaban J connectivity index is 1.65. The molecule has 1 saturated heterocycles. The third-order valence-corrected chi connectivity index (χ3v) is 7.58. The minimum atomic E-state index is -3.51. The molecular formula is C24H28ClN3O4S. The molecule has 1 fully saturated rings. The van der Waals surface area contributed by atoms with Gasteiger partial charge in [-0.2, -0.15) is 4.31 Å². The monoisotopic (exact) mass is 489 g/mol. The summed E-state index contributed by atoms with van der Waals surface area (Å²) in [5.74, 6) is -0.548. The van der Waals surface area contributed by atoms with E-state index in [2.05, 4.69) is 10.6 Å². The lowest BCUT2D eigenvalue weighted by Crippen LogP contribution is -2.31. The van der Waals surface area contributed by atoms with Gasteiger partial charge in [0.25, 0.3) is 0 Å². The molecule has 0 radical (unpaired) electrons. The Kier molecular flexibility index (Phi) is 8.66. The first-order chi connectivity index (χ1) is 15.8. The average molecular weight is 490 g/mol. The van der Waals surface area contributed by atoms with E-state index in [9.17, 15) is 18.0 Å². The minimum Gasteiger partial charge on any atom is -0.326 e. The quantitative estimate of drug-likeness (QED) is 0.540. The summed E-state index contributed by atoms with van der Waals surface area (Å²) >= 11 is 6.15. The predicted molar refractivity (Wildman–Crippen MR) is 132 cm³/mol. The van der Waals surface area contributed by atoms with Gasteiger partial charge in [0, 0.05) is 31.3 Å². The highest BCUT2D eigenvalue weighted by Crippen LogP contribution is 2.26. The van der Waals surface area contributed by atoms with Gasteiger partial charge in [0.2, 0.25) is 21.8 Å². The molecule has 2 amide bonds. The van der Waals surface area contributed by atoms with Crippen LogP contribution >= 0.6 is 11.6 Å². The van der Waals surface area contributed by atoms with Gasteiger partial charge in [-0.1, -0.05) is 43.5 Å². The molecule has 1 aliphatic heterocycles. The predicted octanol–water partition coefficient (Wildman–Crippen LogP) is 4.91. The topological polar surface area (TPSA) is 95.6 Å². The number of rotatable bonds is 7. The van der Waals surface area contributed by atoms with Crippen LogP contribution < -0.4 is 10.6 Å². The standard InChI is InChI=1S/C24H28ClN3O4S/c1-2-23(29)26-19-10-13-21(25)22(17-19)27-24(30)14-9-18-7-11-20(12-8-18)33(31,32)28-15-5-3-4-6-16-28/h7-14,17H,2-6,15-16H2,1H3,(H,26,29)(H,27,30)/b14-9+. The van der Waals surface area contributed by atoms with E-state index in [1.54, 1.807) is 59.8 Å². The van der Waals surface area contributed by atoms with Crippen molar-refractivity contribution in [2.24, 2.45) is 0 Å². The van der Waals surface area contributed by atoms with Crippen LogP contribution in [0.3, 0.4) is 0 Å². The third-order valence-electron chi connectivity index (χ3n) is 5.34. The van der Waals surface area contributed by atoms with Crippen LogP contribution in [0.15, 0.2) is 53.4 Å². The molecule has 0 aliphatic carbocycles. The summed E-state index contributed by atoms with van der Waals surface area (Å²) in [4.78, 5) is 24.2. The SMILES string of the molecule is CCC(=O)Nc1ccc(Cl)c(NC(=O)/C=C/c2ccc(S(=O)(=O)N3CCCCCC3)cc2)c1. The lowest BCUT2D eigenvalue weighted by Gasteiger charge is -2.19. The van der Waals surface area contributed by atoms with Crippen LogP contribution in [0.1, 0.15) is 44.6 Å². The fourth-order valence-corrected chi connectivity index (χ4v) is 5.16. The fraction of sp³-hybridized carbons (Fsp3) is 0.333. The van der Waals surface area contributed by atoms with E-state index >= 15 is 0 Å². The molecule has 33 heavy (non-hydrogen) atoms. The van der Waals surface area contributed by atoms with Crippen LogP contribution in [0.5, 0.6) is 0 Å². The number of halogens is 1. The van der Waals surface area contributed by atoms with Crippen LogP contribution in [0.4, 0.5) is 11.4 Å². The van der Waals surface area contributed by atoms with E-state index in [4.69, 9.17) is 11.6 Å². The van der Waals surface area contributed by atoms with Gasteiger partial charge in [0.1, 0.15) is 0 Å². The molecule has 9 heteroatoms. The molecule has 0 bridgehead atoms. The van der Waals surface area contributed by atoms with Gasteiger partial charge in [-0.3, -0.25) is 9.59 Å². The first kappa shape index (κ1) is 25.0. The maximum Gasteiger partial charge on any atom is 0.248 e. The maximum atomic E-state index is 12.9. The summed E-state index contributed by atoms with van der Waals surface area (Å²) in [5, 5.41) is 5.74. The number of sulfonamides is 1. The minimum absolute atomic E-state index is 0.143. The molecule has 1 heterocycles. The van der Waals surface area contributed by atoms with Crippen molar-refractivity contribution in [1.82, 2.24) is 4.31 Å². The Labute approximate surface area is 199 Å². The van der Waals surface area contributed by atoms with Crippen molar-refractivity contribution in [3.8, 4) is 0 Å². The van der Waals surface area contributed by atoms with Gasteiger partial charge in [0.05, 0.1) is 15.6 Å². The number of nitrogens with zero attached hydrogens (tertiary/aromatic N) is 1. The van der Waals surface area contributed by atoms with Gasteiger partial charge in [-0.05, 0) is 54.8 Å². The largest absolute Gasteiger partial charge is 0.326 e. The van der Waals surface area contributed by atoms with Crippen LogP contribution in [0.2, 0.25) is 5.02 Å². The van der Waals surface area contributed by atoms with Gasteiger partial charge in [0.15, 0.2) is 0 Å². The first-order valence-electron chi connectivity index (χ1n) is 11.0. The van der Waals surface area contributed by atoms with Crippen molar-refractivity contribution in [2.75, 3.05) is 23.7 Å². The second kappa shape index (κ2) is 11.4. The Morgan fingerprint density at radius 2 is 1.67 bits per heavy atom. The number of hydrogen-bond donors (Lipinski definition) is 2. The van der Waals surface area contributed by atoms with Crippen LogP contribution in [0.25, 0.3) is 6.08 Å². The van der Waals surface area contributed by atoms with E-state index < -0.39 is 15.9 Å². The van der Waals surface area contributed by atoms with E-state index in [1.807, 2.05) is 0 Å². The smallest absolute Gasteiger partial charge is 0.248 e. The molecule has 2 N–H and O–H groups in total. The molecule has 1 aliphatic rings. The van der Waals surface area contributed by atoms with E-state index in [-0.39, 0.29) is 10.8 Å². The number of nitrogens with one attached hydrogen (secondary N) is 2. The molecule has 7 nitrogen and oxygen atoms in total. The molecular weight excluding hydrogens is 462 g/mol. The molecule has 0 atom stereocenters. The highest BCUT2D eigenvalue weighted by molar-refractivity contribution is 7.89. The summed E-state index contributed by atoms with van der Waals surface area (Å²) in [6, 6.07) is 11.3. The normalized spacial score (nSPS) is 15.2. The summed E-state index contributed by atoms with van der Waals surface area (Å²) in [6.45, 7) is 2.85. The highest BCUT2D eigenvalue weighted by atomic mass is 35.5. The summed E-state index contributed by atoms with van der Waals surface area (Å²) in [6.07, 6.45) is 7.15. The van der Waals surface area contributed by atoms with Crippen LogP contribution in [-0.2, 0) is 19.6 Å². The maximum absolute atomic E-state index is 12.9. The van der Waals surface area contributed by atoms with Gasteiger partial charge >= 0.3 is 0 Å². The number of carbonyl (C=O) groups is 2. The van der Waals surface area contributed by atoms with E-state index in [0.717, 1.165) is 25.7 Å². The number of benzene rings is 2. The first-order valence-corrected chi connectivity index (χ1v) is 12.8. The Bertz CT molecular complexity index is 1120. The number of hydrogen-bond acceptors (Lipinski definition) is 4. The highest BCUT2D eigenvalue weighted by Gasteiger charge is 2.24. The lowest BCUT2D eigenvalue weighted by atomic mass is 10.2. The molecule has 0 spiro atoms. The van der Waals surface area contributed by atoms with Gasteiger partial charge < -0.3 is 10.6 Å². The zero-order valence-electron chi connectivity index (χ0n) is 18.5. The molecule has 0 aromatic heterocycles. The van der Waals surface area contributed by atoms with Crippen molar-refractivity contribution in [1.29, 1.82) is 0 Å². The summed E-state index contributed by atoms with van der Waals surface area (Å²) in [7, 11) is -3.51. The zero-order valence-corrected chi connectivity index (χ0v) is 20.1. The van der Waals surface area contributed by atoms with Crippen LogP contribution in [0, 0.1) is 0 Å². The Morgan fingerprint density at radius 1 is 1.00 bits per heavy atom. The third kappa shape index (κ3) is 6.90. The average Bonchev–Trinajstić information content (AvgIpc) is 3.10. The molecule has 0 saturated carbocycles. The van der Waals surface area contributed by atoms with Crippen LogP contribution in [-0.4, -0.2) is 37.6 Å². The molecule has 176 valence electrons. The van der Waals surface area contributed by atoms with E-state index in [0.29, 0.717) is 41.5 Å². The van der Waals surface area contributed by atoms with Crippen molar-refractivity contribution >= 4 is 50.9 Å². The molecule has 0 unspecified atom stereocenters. The summed E-state index contributed by atoms with van der Waals surface area (Å²) in [5.41, 5.74) is 1.60.